The maximum atomic E-state index is 9.25. The van der Waals surface area contributed by atoms with Crippen LogP contribution in [0.5, 0.6) is 0 Å². The van der Waals surface area contributed by atoms with Gasteiger partial charge in [0.15, 0.2) is 0 Å². The fourth-order valence-electron chi connectivity index (χ4n) is 1.61. The van der Waals surface area contributed by atoms with Crippen LogP contribution in [0, 0.1) is 0 Å². The lowest BCUT2D eigenvalue weighted by Gasteiger charge is -1.99. The molecule has 0 saturated heterocycles. The van der Waals surface area contributed by atoms with Crippen molar-refractivity contribution in [2.24, 2.45) is 9.98 Å². The first-order valence-electron chi connectivity index (χ1n) is 4.03. The van der Waals surface area contributed by atoms with Gasteiger partial charge in [-0.3, -0.25) is 4.99 Å². The number of hydrogen-bond donors (Lipinski definition) is 2. The van der Waals surface area contributed by atoms with Crippen molar-refractivity contribution in [1.29, 1.82) is 0 Å². The van der Waals surface area contributed by atoms with Gasteiger partial charge in [-0.1, -0.05) is 6.07 Å². The minimum Gasteiger partial charge on any atom is -0.355 e. The van der Waals surface area contributed by atoms with Crippen LogP contribution < -0.4 is 15.9 Å². The van der Waals surface area contributed by atoms with E-state index < -0.39 is 6.35 Å². The lowest BCUT2D eigenvalue weighted by Crippen LogP contribution is -2.26. The Balaban J connectivity index is 2.45. The van der Waals surface area contributed by atoms with Crippen LogP contribution in [0.25, 0.3) is 6.20 Å². The van der Waals surface area contributed by atoms with Gasteiger partial charge in [0, 0.05) is 23.2 Å². The molecule has 0 saturated carbocycles. The fourth-order valence-corrected chi connectivity index (χ4v) is 1.61. The molecule has 13 heavy (non-hydrogen) atoms. The van der Waals surface area contributed by atoms with E-state index in [1.807, 2.05) is 12.1 Å². The minimum absolute atomic E-state index is 0.808. The second-order valence-electron chi connectivity index (χ2n) is 3.02. The standard InChI is InChI=1S/C9H7N3O/c13-9-11-7-2-1-5-3-10-4-6(5)8(7)12-9/h1-4,9,11,13H. The van der Waals surface area contributed by atoms with Crippen molar-refractivity contribution in [2.75, 3.05) is 5.32 Å². The molecule has 2 N–H and O–H groups in total. The van der Waals surface area contributed by atoms with Crippen LogP contribution in [0.1, 0.15) is 5.56 Å². The molecule has 0 radical (unpaired) electrons. The Hall–Kier alpha value is -1.68. The molecule has 1 aromatic carbocycles. The number of rotatable bonds is 0. The van der Waals surface area contributed by atoms with Crippen molar-refractivity contribution in [2.45, 2.75) is 6.35 Å². The first-order chi connectivity index (χ1) is 6.34. The zero-order valence-corrected chi connectivity index (χ0v) is 6.73. The van der Waals surface area contributed by atoms with Crippen LogP contribution in [-0.2, 0) is 0 Å². The van der Waals surface area contributed by atoms with Crippen LogP contribution in [0.2, 0.25) is 0 Å². The van der Waals surface area contributed by atoms with Gasteiger partial charge in [0.25, 0.3) is 0 Å². The SMILES string of the molecule is OC1N=c2c(ccc3c2=CN=C3)N1. The third kappa shape index (κ3) is 0.831. The summed E-state index contributed by atoms with van der Waals surface area (Å²) in [6, 6.07) is 3.86. The second kappa shape index (κ2) is 2.17. The van der Waals surface area contributed by atoms with Gasteiger partial charge in [-0.25, -0.2) is 4.99 Å². The summed E-state index contributed by atoms with van der Waals surface area (Å²) in [6.07, 6.45) is 2.74. The average molecular weight is 173 g/mol. The number of fused-ring (bicyclic) bond motifs is 3. The topological polar surface area (TPSA) is 57.0 Å². The van der Waals surface area contributed by atoms with Gasteiger partial charge in [-0.2, -0.15) is 0 Å². The highest BCUT2D eigenvalue weighted by Crippen LogP contribution is 2.07. The van der Waals surface area contributed by atoms with Crippen LogP contribution in [0.4, 0.5) is 5.69 Å². The molecule has 0 aromatic heterocycles. The van der Waals surface area contributed by atoms with Crippen LogP contribution in [0.15, 0.2) is 22.1 Å². The van der Waals surface area contributed by atoms with Gasteiger partial charge in [0.1, 0.15) is 0 Å². The van der Waals surface area contributed by atoms with Crippen molar-refractivity contribution in [1.82, 2.24) is 0 Å². The predicted octanol–water partition coefficient (Wildman–Crippen LogP) is -0.822. The zero-order chi connectivity index (χ0) is 8.84. The number of aliphatic hydroxyl groups excluding tert-OH is 1. The van der Waals surface area contributed by atoms with Crippen molar-refractivity contribution in [3.05, 3.63) is 28.3 Å². The Labute approximate surface area is 74.0 Å². The van der Waals surface area contributed by atoms with Gasteiger partial charge < -0.3 is 10.4 Å². The highest BCUT2D eigenvalue weighted by Gasteiger charge is 2.13. The van der Waals surface area contributed by atoms with E-state index >= 15 is 0 Å². The number of benzene rings is 1. The van der Waals surface area contributed by atoms with Crippen LogP contribution in [-0.4, -0.2) is 17.7 Å². The Kier molecular flexibility index (Phi) is 1.13. The molecule has 1 atom stereocenters. The number of nitrogens with zero attached hydrogens (tertiary/aromatic N) is 2. The first-order valence-corrected chi connectivity index (χ1v) is 4.03. The van der Waals surface area contributed by atoms with Gasteiger partial charge >= 0.3 is 0 Å². The summed E-state index contributed by atoms with van der Waals surface area (Å²) in [6.45, 7) is 0. The molecule has 1 aromatic rings. The summed E-state index contributed by atoms with van der Waals surface area (Å²) in [7, 11) is 0. The summed E-state index contributed by atoms with van der Waals surface area (Å²) in [4.78, 5) is 8.09. The molecule has 0 aliphatic carbocycles. The molecule has 0 bridgehead atoms. The zero-order valence-electron chi connectivity index (χ0n) is 6.73. The van der Waals surface area contributed by atoms with Crippen molar-refractivity contribution < 1.29 is 5.11 Å². The third-order valence-corrected chi connectivity index (χ3v) is 2.20. The molecule has 0 amide bonds. The maximum absolute atomic E-state index is 9.25. The normalized spacial score (nSPS) is 21.5. The Bertz CT molecular complexity index is 518. The van der Waals surface area contributed by atoms with Gasteiger partial charge in [0.2, 0.25) is 6.35 Å². The summed E-state index contributed by atoms with van der Waals surface area (Å²) in [5.74, 6) is 0. The highest BCUT2D eigenvalue weighted by atomic mass is 16.3. The molecular formula is C9H7N3O. The van der Waals surface area contributed by atoms with Gasteiger partial charge in [-0.15, -0.1) is 0 Å². The molecule has 64 valence electrons. The smallest absolute Gasteiger partial charge is 0.223 e. The highest BCUT2D eigenvalue weighted by molar-refractivity contribution is 5.86. The summed E-state index contributed by atoms with van der Waals surface area (Å²) in [5, 5.41) is 13.9. The molecule has 0 fully saturated rings. The summed E-state index contributed by atoms with van der Waals surface area (Å²) in [5.41, 5.74) is 1.92. The second-order valence-corrected chi connectivity index (χ2v) is 3.02. The van der Waals surface area contributed by atoms with E-state index in [9.17, 15) is 5.11 Å². The van der Waals surface area contributed by atoms with Crippen molar-refractivity contribution >= 4 is 18.1 Å². The molecule has 3 rings (SSSR count). The molecule has 2 heterocycles. The van der Waals surface area contributed by atoms with E-state index in [1.54, 1.807) is 12.4 Å². The van der Waals surface area contributed by atoms with Crippen LogP contribution in [0.3, 0.4) is 0 Å². The van der Waals surface area contributed by atoms with E-state index in [4.69, 9.17) is 0 Å². The van der Waals surface area contributed by atoms with E-state index in [0.29, 0.717) is 0 Å². The van der Waals surface area contributed by atoms with E-state index in [2.05, 4.69) is 15.3 Å². The monoisotopic (exact) mass is 173 g/mol. The van der Waals surface area contributed by atoms with Crippen molar-refractivity contribution in [3.63, 3.8) is 0 Å². The van der Waals surface area contributed by atoms with E-state index in [1.165, 1.54) is 0 Å². The lowest BCUT2D eigenvalue weighted by atomic mass is 10.2. The fraction of sp³-hybridized carbons (Fsp3) is 0.111. The molecule has 0 spiro atoms. The number of hydrogen-bond acceptors (Lipinski definition) is 4. The maximum Gasteiger partial charge on any atom is 0.223 e. The lowest BCUT2D eigenvalue weighted by molar-refractivity contribution is 0.216. The van der Waals surface area contributed by atoms with Gasteiger partial charge in [-0.05, 0) is 6.07 Å². The number of aliphatic imine (C=N–C) groups is 1. The largest absolute Gasteiger partial charge is 0.355 e. The van der Waals surface area contributed by atoms with E-state index in [0.717, 1.165) is 21.8 Å². The Morgan fingerprint density at radius 2 is 2.31 bits per heavy atom. The number of nitrogens with one attached hydrogen (secondary N) is 1. The predicted molar refractivity (Wildman–Crippen MR) is 48.9 cm³/mol. The average Bonchev–Trinajstić information content (AvgIpc) is 2.65. The molecular weight excluding hydrogens is 166 g/mol. The van der Waals surface area contributed by atoms with Crippen LogP contribution >= 0.6 is 0 Å². The summed E-state index contributed by atoms with van der Waals surface area (Å²) < 4.78 is 0. The number of anilines is 1. The molecule has 4 heteroatoms. The van der Waals surface area contributed by atoms with Gasteiger partial charge in [0.05, 0.1) is 11.0 Å². The summed E-state index contributed by atoms with van der Waals surface area (Å²) >= 11 is 0. The van der Waals surface area contributed by atoms with E-state index in [-0.39, 0.29) is 0 Å². The molecule has 4 nitrogen and oxygen atoms in total. The molecule has 1 unspecified atom stereocenters. The first kappa shape index (κ1) is 6.80. The molecule has 2 aliphatic rings. The third-order valence-electron chi connectivity index (χ3n) is 2.20. The Morgan fingerprint density at radius 1 is 1.38 bits per heavy atom. The minimum atomic E-state index is -0.810. The molecule has 2 aliphatic heterocycles. The number of aliphatic hydroxyl groups is 1. The quantitative estimate of drug-likeness (QED) is 0.538. The Morgan fingerprint density at radius 3 is 3.23 bits per heavy atom. The van der Waals surface area contributed by atoms with Crippen molar-refractivity contribution in [3.8, 4) is 0 Å².